The van der Waals surface area contributed by atoms with Crippen LogP contribution in [0.5, 0.6) is 0 Å². The molecule has 0 aromatic heterocycles. The smallest absolute Gasteiger partial charge is 0.271 e. The second-order valence-corrected chi connectivity index (χ2v) is 10.4. The summed E-state index contributed by atoms with van der Waals surface area (Å²) < 4.78 is 26.0. The SMILES string of the molecule is CCC(C(=O)NC(C)C)N(CCc1ccccc1)C(=O)CN(c1cccc([N+](=O)[O-])c1)S(C)(=O)=O. The zero-order chi connectivity index (χ0) is 26.2. The van der Waals surface area contributed by atoms with Crippen LogP contribution in [0.1, 0.15) is 32.8 Å². The van der Waals surface area contributed by atoms with Gasteiger partial charge in [-0.1, -0.05) is 43.3 Å². The van der Waals surface area contributed by atoms with E-state index in [4.69, 9.17) is 0 Å². The molecule has 2 aromatic carbocycles. The lowest BCUT2D eigenvalue weighted by molar-refractivity contribution is -0.384. The zero-order valence-corrected chi connectivity index (χ0v) is 21.2. The predicted molar refractivity (Wildman–Crippen MR) is 135 cm³/mol. The highest BCUT2D eigenvalue weighted by atomic mass is 32.2. The van der Waals surface area contributed by atoms with E-state index in [1.165, 1.54) is 23.1 Å². The standard InChI is InChI=1S/C24H32N4O6S/c1-5-22(24(30)25-18(2)3)26(15-14-19-10-7-6-8-11-19)23(29)17-27(35(4,33)34)20-12-9-13-21(16-20)28(31)32/h6-13,16,18,22H,5,14-15,17H2,1-4H3,(H,25,30). The van der Waals surface area contributed by atoms with Crippen LogP contribution in [0.3, 0.4) is 0 Å². The minimum absolute atomic E-state index is 0.00209. The van der Waals surface area contributed by atoms with E-state index in [0.717, 1.165) is 22.2 Å². The lowest BCUT2D eigenvalue weighted by atomic mass is 10.1. The van der Waals surface area contributed by atoms with E-state index >= 15 is 0 Å². The van der Waals surface area contributed by atoms with Gasteiger partial charge in [0, 0.05) is 24.7 Å². The molecule has 0 aliphatic rings. The Morgan fingerprint density at radius 1 is 1.09 bits per heavy atom. The third-order valence-electron chi connectivity index (χ3n) is 5.31. The van der Waals surface area contributed by atoms with Crippen molar-refractivity contribution in [2.45, 2.75) is 45.7 Å². The first-order valence-electron chi connectivity index (χ1n) is 11.3. The van der Waals surface area contributed by atoms with Crippen molar-refractivity contribution in [1.82, 2.24) is 10.2 Å². The van der Waals surface area contributed by atoms with Gasteiger partial charge in [-0.05, 0) is 38.3 Å². The molecule has 1 unspecified atom stereocenters. The molecule has 10 nitrogen and oxygen atoms in total. The van der Waals surface area contributed by atoms with Gasteiger partial charge in [0.2, 0.25) is 21.8 Å². The number of carbonyl (C=O) groups is 2. The first kappa shape index (κ1) is 27.8. The van der Waals surface area contributed by atoms with Gasteiger partial charge in [-0.15, -0.1) is 0 Å². The van der Waals surface area contributed by atoms with Gasteiger partial charge in [-0.3, -0.25) is 24.0 Å². The fraction of sp³-hybridized carbons (Fsp3) is 0.417. The number of sulfonamides is 1. The van der Waals surface area contributed by atoms with Crippen molar-refractivity contribution in [3.63, 3.8) is 0 Å². The molecule has 0 spiro atoms. The second-order valence-electron chi connectivity index (χ2n) is 8.46. The van der Waals surface area contributed by atoms with Crippen LogP contribution in [0.2, 0.25) is 0 Å². The van der Waals surface area contributed by atoms with Gasteiger partial charge >= 0.3 is 0 Å². The van der Waals surface area contributed by atoms with E-state index in [1.54, 1.807) is 6.92 Å². The minimum atomic E-state index is -3.97. The maximum atomic E-state index is 13.5. The third kappa shape index (κ3) is 8.06. The van der Waals surface area contributed by atoms with Crippen molar-refractivity contribution >= 4 is 33.2 Å². The summed E-state index contributed by atoms with van der Waals surface area (Å²) in [6.07, 6.45) is 1.72. The van der Waals surface area contributed by atoms with Crippen LogP contribution in [-0.4, -0.2) is 61.5 Å². The molecule has 0 heterocycles. The van der Waals surface area contributed by atoms with Crippen LogP contribution in [0.4, 0.5) is 11.4 Å². The monoisotopic (exact) mass is 504 g/mol. The van der Waals surface area contributed by atoms with E-state index in [0.29, 0.717) is 12.8 Å². The molecule has 0 radical (unpaired) electrons. The molecule has 0 fully saturated rings. The predicted octanol–water partition coefficient (Wildman–Crippen LogP) is 2.74. The maximum absolute atomic E-state index is 13.5. The molecule has 0 saturated carbocycles. The summed E-state index contributed by atoms with van der Waals surface area (Å²) in [7, 11) is -3.97. The van der Waals surface area contributed by atoms with E-state index in [2.05, 4.69) is 5.32 Å². The zero-order valence-electron chi connectivity index (χ0n) is 20.4. The van der Waals surface area contributed by atoms with Crippen LogP contribution in [-0.2, 0) is 26.0 Å². The first-order valence-corrected chi connectivity index (χ1v) is 13.1. The largest absolute Gasteiger partial charge is 0.352 e. The molecule has 2 aromatic rings. The number of amides is 2. The molecule has 2 amide bonds. The summed E-state index contributed by atoms with van der Waals surface area (Å²) in [5.74, 6) is -0.909. The van der Waals surface area contributed by atoms with Gasteiger partial charge in [0.25, 0.3) is 5.69 Å². The fourth-order valence-electron chi connectivity index (χ4n) is 3.65. The lowest BCUT2D eigenvalue weighted by Gasteiger charge is -2.33. The molecular weight excluding hydrogens is 472 g/mol. The van der Waals surface area contributed by atoms with Crippen molar-refractivity contribution in [3.8, 4) is 0 Å². The quantitative estimate of drug-likeness (QED) is 0.349. The molecule has 2 rings (SSSR count). The number of carbonyl (C=O) groups excluding carboxylic acids is 2. The summed E-state index contributed by atoms with van der Waals surface area (Å²) in [4.78, 5) is 38.3. The molecular formula is C24H32N4O6S. The summed E-state index contributed by atoms with van der Waals surface area (Å²) in [6.45, 7) is 5.00. The number of hydrogen-bond acceptors (Lipinski definition) is 6. The molecule has 0 aliphatic heterocycles. The number of nitro groups is 1. The normalized spacial score (nSPS) is 12.1. The summed E-state index contributed by atoms with van der Waals surface area (Å²) in [5, 5.41) is 14.0. The average Bonchev–Trinajstić information content (AvgIpc) is 2.79. The van der Waals surface area contributed by atoms with Crippen LogP contribution in [0.25, 0.3) is 0 Å². The molecule has 11 heteroatoms. The Hall–Kier alpha value is -3.47. The molecule has 1 N–H and O–H groups in total. The van der Waals surface area contributed by atoms with Crippen LogP contribution in [0, 0.1) is 10.1 Å². The highest BCUT2D eigenvalue weighted by Crippen LogP contribution is 2.23. The number of nitro benzene ring substituents is 1. The van der Waals surface area contributed by atoms with E-state index in [1.807, 2.05) is 44.2 Å². The van der Waals surface area contributed by atoms with Gasteiger partial charge in [0.15, 0.2) is 0 Å². The maximum Gasteiger partial charge on any atom is 0.271 e. The van der Waals surface area contributed by atoms with Crippen LogP contribution >= 0.6 is 0 Å². The number of hydrogen-bond donors (Lipinski definition) is 1. The van der Waals surface area contributed by atoms with Crippen molar-refractivity contribution in [2.24, 2.45) is 0 Å². The average molecular weight is 505 g/mol. The van der Waals surface area contributed by atoms with Gasteiger partial charge in [-0.2, -0.15) is 0 Å². The number of nitrogens with zero attached hydrogens (tertiary/aromatic N) is 3. The summed E-state index contributed by atoms with van der Waals surface area (Å²) >= 11 is 0. The Bertz CT molecular complexity index is 1140. The minimum Gasteiger partial charge on any atom is -0.352 e. The Morgan fingerprint density at radius 3 is 2.29 bits per heavy atom. The number of rotatable bonds is 12. The Kier molecular flexibility index (Phi) is 9.76. The number of non-ortho nitro benzene ring substituents is 1. The summed E-state index contributed by atoms with van der Waals surface area (Å²) in [6, 6.07) is 13.6. The number of nitrogens with one attached hydrogen (secondary N) is 1. The Labute approximate surface area is 206 Å². The highest BCUT2D eigenvalue weighted by molar-refractivity contribution is 7.92. The number of benzene rings is 2. The molecule has 0 aliphatic carbocycles. The van der Waals surface area contributed by atoms with Gasteiger partial charge in [0.1, 0.15) is 12.6 Å². The molecule has 1 atom stereocenters. The molecule has 0 bridgehead atoms. The van der Waals surface area contributed by atoms with Crippen LogP contribution in [0.15, 0.2) is 54.6 Å². The molecule has 0 saturated heterocycles. The Morgan fingerprint density at radius 2 is 1.74 bits per heavy atom. The van der Waals surface area contributed by atoms with Crippen molar-refractivity contribution in [1.29, 1.82) is 0 Å². The van der Waals surface area contributed by atoms with Gasteiger partial charge < -0.3 is 10.2 Å². The van der Waals surface area contributed by atoms with Gasteiger partial charge in [0.05, 0.1) is 16.9 Å². The molecule has 190 valence electrons. The Balaban J connectivity index is 2.40. The first-order chi connectivity index (χ1) is 16.4. The van der Waals surface area contributed by atoms with Crippen molar-refractivity contribution in [2.75, 3.05) is 23.7 Å². The van der Waals surface area contributed by atoms with Crippen LogP contribution < -0.4 is 9.62 Å². The topological polar surface area (TPSA) is 130 Å². The number of anilines is 1. The fourth-order valence-corrected chi connectivity index (χ4v) is 4.49. The highest BCUT2D eigenvalue weighted by Gasteiger charge is 2.32. The van der Waals surface area contributed by atoms with Crippen molar-refractivity contribution < 1.29 is 22.9 Å². The van der Waals surface area contributed by atoms with Crippen molar-refractivity contribution in [3.05, 3.63) is 70.3 Å². The lowest BCUT2D eigenvalue weighted by Crippen LogP contribution is -2.54. The van der Waals surface area contributed by atoms with Gasteiger partial charge in [-0.25, -0.2) is 8.42 Å². The molecule has 35 heavy (non-hydrogen) atoms. The third-order valence-corrected chi connectivity index (χ3v) is 6.45. The second kappa shape index (κ2) is 12.3. The van der Waals surface area contributed by atoms with E-state index in [-0.39, 0.29) is 29.9 Å². The van der Waals surface area contributed by atoms with E-state index < -0.39 is 33.4 Å². The van der Waals surface area contributed by atoms with E-state index in [9.17, 15) is 28.1 Å². The summed E-state index contributed by atoms with van der Waals surface area (Å²) in [5.41, 5.74) is 0.660.